The van der Waals surface area contributed by atoms with Gasteiger partial charge in [0.2, 0.25) is 27.6 Å². The Kier molecular flexibility index (Phi) is 5.83. The highest BCUT2D eigenvalue weighted by Gasteiger charge is 2.39. The van der Waals surface area contributed by atoms with Gasteiger partial charge in [0.25, 0.3) is 0 Å². The number of aromatic nitrogens is 2. The van der Waals surface area contributed by atoms with Gasteiger partial charge in [-0.05, 0) is 43.5 Å². The highest BCUT2D eigenvalue weighted by atomic mass is 35.5. The average Bonchev–Trinajstić information content (AvgIpc) is 3.39. The Balaban J connectivity index is 1.63. The number of benzene rings is 2. The monoisotopic (exact) mass is 460 g/mol. The number of carbonyl (C=O) groups excluding carboxylic acids is 1. The van der Waals surface area contributed by atoms with Crippen LogP contribution in [0.1, 0.15) is 37.3 Å². The smallest absolute Gasteiger partial charge is 0.245 e. The quantitative estimate of drug-likeness (QED) is 0.612. The minimum absolute atomic E-state index is 0.0390. The van der Waals surface area contributed by atoms with Crippen LogP contribution in [0.3, 0.4) is 0 Å². The highest BCUT2D eigenvalue weighted by molar-refractivity contribution is 7.89. The lowest BCUT2D eigenvalue weighted by Gasteiger charge is -2.21. The van der Waals surface area contributed by atoms with Crippen LogP contribution in [-0.4, -0.2) is 35.3 Å². The summed E-state index contributed by atoms with van der Waals surface area (Å²) in [6.45, 7) is 3.64. The molecule has 1 amide bonds. The zero-order valence-corrected chi connectivity index (χ0v) is 18.6. The van der Waals surface area contributed by atoms with Crippen LogP contribution in [0.5, 0.6) is 0 Å². The third kappa shape index (κ3) is 4.21. The molecule has 2 heterocycles. The molecule has 1 aromatic heterocycles. The van der Waals surface area contributed by atoms with Crippen LogP contribution in [0.25, 0.3) is 11.4 Å². The molecule has 1 saturated heterocycles. The van der Waals surface area contributed by atoms with E-state index in [1.54, 1.807) is 0 Å². The molecule has 0 spiro atoms. The van der Waals surface area contributed by atoms with Crippen LogP contribution < -0.4 is 5.32 Å². The first kappa shape index (κ1) is 21.5. The van der Waals surface area contributed by atoms with Crippen molar-refractivity contribution in [2.75, 3.05) is 11.9 Å². The van der Waals surface area contributed by atoms with E-state index in [2.05, 4.69) is 15.5 Å². The Labute approximate surface area is 185 Å². The van der Waals surface area contributed by atoms with Crippen LogP contribution in [-0.2, 0) is 14.8 Å². The molecule has 1 unspecified atom stereocenters. The molecule has 10 heteroatoms. The summed E-state index contributed by atoms with van der Waals surface area (Å²) in [6.07, 6.45) is 1.25. The number of rotatable bonds is 5. The molecule has 0 bridgehead atoms. The standard InChI is InChI=1S/C21H21ClN4O4S/c1-13-6-3-4-7-16(13)20-24-21(30-25-20)19-8-5-11-26(19)31(28,29)15-9-10-18(17(22)12-15)23-14(2)27/h3-4,6-7,9-10,12,19H,5,8,11H2,1-2H3,(H,23,27). The Morgan fingerprint density at radius 3 is 2.74 bits per heavy atom. The third-order valence-corrected chi connectivity index (χ3v) is 7.39. The molecular weight excluding hydrogens is 440 g/mol. The summed E-state index contributed by atoms with van der Waals surface area (Å²) in [7, 11) is -3.86. The van der Waals surface area contributed by atoms with Gasteiger partial charge < -0.3 is 9.84 Å². The first-order valence-corrected chi connectivity index (χ1v) is 11.6. The lowest BCUT2D eigenvalue weighted by Crippen LogP contribution is -2.31. The summed E-state index contributed by atoms with van der Waals surface area (Å²) in [6, 6.07) is 11.3. The lowest BCUT2D eigenvalue weighted by atomic mass is 10.1. The molecule has 1 fully saturated rings. The number of hydrogen-bond donors (Lipinski definition) is 1. The molecule has 0 aliphatic carbocycles. The number of sulfonamides is 1. The van der Waals surface area contributed by atoms with Crippen molar-refractivity contribution in [1.29, 1.82) is 0 Å². The van der Waals surface area contributed by atoms with Crippen molar-refractivity contribution in [2.45, 2.75) is 37.6 Å². The molecule has 1 N–H and O–H groups in total. The van der Waals surface area contributed by atoms with Crippen molar-refractivity contribution in [1.82, 2.24) is 14.4 Å². The summed E-state index contributed by atoms with van der Waals surface area (Å²) < 4.78 is 33.5. The normalized spacial score (nSPS) is 17.1. The number of anilines is 1. The van der Waals surface area contributed by atoms with E-state index in [0.29, 0.717) is 30.9 Å². The topological polar surface area (TPSA) is 105 Å². The van der Waals surface area contributed by atoms with Gasteiger partial charge in [-0.1, -0.05) is 41.0 Å². The van der Waals surface area contributed by atoms with Gasteiger partial charge in [-0.3, -0.25) is 4.79 Å². The van der Waals surface area contributed by atoms with Crippen LogP contribution >= 0.6 is 11.6 Å². The van der Waals surface area contributed by atoms with Crippen LogP contribution in [0.4, 0.5) is 5.69 Å². The predicted molar refractivity (Wildman–Crippen MR) is 116 cm³/mol. The summed E-state index contributed by atoms with van der Waals surface area (Å²) in [5.74, 6) is 0.401. The zero-order chi connectivity index (χ0) is 22.2. The van der Waals surface area contributed by atoms with Crippen LogP contribution in [0.2, 0.25) is 5.02 Å². The molecule has 8 nitrogen and oxygen atoms in total. The molecule has 1 aliphatic rings. The zero-order valence-electron chi connectivity index (χ0n) is 17.0. The van der Waals surface area contributed by atoms with Crippen molar-refractivity contribution in [3.63, 3.8) is 0 Å². The van der Waals surface area contributed by atoms with E-state index in [-0.39, 0.29) is 21.7 Å². The highest BCUT2D eigenvalue weighted by Crippen LogP contribution is 2.37. The maximum atomic E-state index is 13.3. The van der Waals surface area contributed by atoms with Crippen molar-refractivity contribution < 1.29 is 17.7 Å². The Morgan fingerprint density at radius 1 is 1.26 bits per heavy atom. The minimum Gasteiger partial charge on any atom is -0.337 e. The van der Waals surface area contributed by atoms with Gasteiger partial charge in [0, 0.05) is 19.0 Å². The predicted octanol–water partition coefficient (Wildman–Crippen LogP) is 4.18. The number of halogens is 1. The van der Waals surface area contributed by atoms with Crippen LogP contribution in [0.15, 0.2) is 51.9 Å². The Hall–Kier alpha value is -2.75. The van der Waals surface area contributed by atoms with E-state index in [0.717, 1.165) is 11.1 Å². The van der Waals surface area contributed by atoms with Gasteiger partial charge in [0.15, 0.2) is 0 Å². The first-order chi connectivity index (χ1) is 14.8. The Bertz CT molecular complexity index is 1240. The van der Waals surface area contributed by atoms with Crippen molar-refractivity contribution in [3.05, 3.63) is 58.9 Å². The second-order valence-electron chi connectivity index (χ2n) is 7.37. The van der Waals surface area contributed by atoms with E-state index in [4.69, 9.17) is 16.1 Å². The molecule has 4 rings (SSSR count). The van der Waals surface area contributed by atoms with E-state index in [1.165, 1.54) is 29.4 Å². The second-order valence-corrected chi connectivity index (χ2v) is 9.67. The molecule has 0 saturated carbocycles. The van der Waals surface area contributed by atoms with Gasteiger partial charge in [-0.25, -0.2) is 8.42 Å². The first-order valence-electron chi connectivity index (χ1n) is 9.76. The summed E-state index contributed by atoms with van der Waals surface area (Å²) in [5, 5.41) is 6.78. The number of amides is 1. The summed E-state index contributed by atoms with van der Waals surface area (Å²) in [5.41, 5.74) is 2.19. The molecule has 0 radical (unpaired) electrons. The molecule has 31 heavy (non-hydrogen) atoms. The molecule has 162 valence electrons. The van der Waals surface area contributed by atoms with Gasteiger partial charge in [0.05, 0.1) is 15.6 Å². The summed E-state index contributed by atoms with van der Waals surface area (Å²) in [4.78, 5) is 15.8. The molecular formula is C21H21ClN4O4S. The molecule has 1 atom stereocenters. The van der Waals surface area contributed by atoms with Crippen molar-refractivity contribution in [2.24, 2.45) is 0 Å². The van der Waals surface area contributed by atoms with Gasteiger partial charge in [-0.15, -0.1) is 0 Å². The second kappa shape index (κ2) is 8.41. The van der Waals surface area contributed by atoms with E-state index < -0.39 is 16.1 Å². The van der Waals surface area contributed by atoms with Crippen molar-refractivity contribution >= 4 is 33.2 Å². The average molecular weight is 461 g/mol. The van der Waals surface area contributed by atoms with Crippen LogP contribution in [0, 0.1) is 6.92 Å². The molecule has 3 aromatic rings. The fraction of sp³-hybridized carbons (Fsp3) is 0.286. The SMILES string of the molecule is CC(=O)Nc1ccc(S(=O)(=O)N2CCCC2c2nc(-c3ccccc3C)no2)cc1Cl. The molecule has 1 aliphatic heterocycles. The number of hydrogen-bond acceptors (Lipinski definition) is 6. The Morgan fingerprint density at radius 2 is 2.03 bits per heavy atom. The largest absolute Gasteiger partial charge is 0.337 e. The number of carbonyl (C=O) groups is 1. The minimum atomic E-state index is -3.86. The maximum Gasteiger partial charge on any atom is 0.245 e. The molecule has 2 aromatic carbocycles. The van der Waals surface area contributed by atoms with Crippen molar-refractivity contribution in [3.8, 4) is 11.4 Å². The number of nitrogens with one attached hydrogen (secondary N) is 1. The van der Waals surface area contributed by atoms with E-state index >= 15 is 0 Å². The maximum absolute atomic E-state index is 13.3. The van der Waals surface area contributed by atoms with E-state index in [1.807, 2.05) is 31.2 Å². The summed E-state index contributed by atoms with van der Waals surface area (Å²) >= 11 is 6.19. The van der Waals surface area contributed by atoms with Gasteiger partial charge in [0.1, 0.15) is 6.04 Å². The van der Waals surface area contributed by atoms with Gasteiger partial charge in [-0.2, -0.15) is 9.29 Å². The van der Waals surface area contributed by atoms with E-state index in [9.17, 15) is 13.2 Å². The third-order valence-electron chi connectivity index (χ3n) is 5.17. The fourth-order valence-corrected chi connectivity index (χ4v) is 5.63. The number of aryl methyl sites for hydroxylation is 1. The van der Waals surface area contributed by atoms with Gasteiger partial charge >= 0.3 is 0 Å². The number of nitrogens with zero attached hydrogens (tertiary/aromatic N) is 3. The lowest BCUT2D eigenvalue weighted by molar-refractivity contribution is -0.114. The fourth-order valence-electron chi connectivity index (χ4n) is 3.66.